The van der Waals surface area contributed by atoms with Gasteiger partial charge in [-0.1, -0.05) is 0 Å². The molecule has 0 saturated carbocycles. The van der Waals surface area contributed by atoms with Crippen LogP contribution >= 0.6 is 0 Å². The second kappa shape index (κ2) is 4.22. The van der Waals surface area contributed by atoms with Crippen LogP contribution in [0.15, 0.2) is 0 Å². The number of ether oxygens (including phenoxy) is 4. The summed E-state index contributed by atoms with van der Waals surface area (Å²) in [4.78, 5) is 0. The lowest BCUT2D eigenvalue weighted by atomic mass is 10.0. The van der Waals surface area contributed by atoms with E-state index in [4.69, 9.17) is 18.9 Å². The van der Waals surface area contributed by atoms with E-state index >= 15 is 0 Å². The zero-order valence-electron chi connectivity index (χ0n) is 10.0. The molecular formula is C12H16O4. The molecule has 88 valence electrons. The molecule has 0 amide bonds. The van der Waals surface area contributed by atoms with Gasteiger partial charge in [0.1, 0.15) is 5.75 Å². The van der Waals surface area contributed by atoms with E-state index in [1.807, 2.05) is 6.92 Å². The Morgan fingerprint density at radius 3 is 1.81 bits per heavy atom. The van der Waals surface area contributed by atoms with Gasteiger partial charge in [0.25, 0.3) is 0 Å². The predicted octanol–water partition coefficient (Wildman–Crippen LogP) is 2.05. The van der Waals surface area contributed by atoms with Crippen LogP contribution in [0.1, 0.15) is 16.7 Å². The van der Waals surface area contributed by atoms with Gasteiger partial charge in [-0.25, -0.2) is 0 Å². The Bertz CT molecular complexity index is 408. The molecule has 1 heterocycles. The lowest BCUT2D eigenvalue weighted by Gasteiger charge is -2.17. The average Bonchev–Trinajstić information content (AvgIpc) is 2.76. The Kier molecular flexibility index (Phi) is 2.92. The molecule has 0 fully saturated rings. The van der Waals surface area contributed by atoms with Gasteiger partial charge in [-0.05, 0) is 6.92 Å². The van der Waals surface area contributed by atoms with Gasteiger partial charge in [-0.15, -0.1) is 0 Å². The van der Waals surface area contributed by atoms with Gasteiger partial charge in [-0.3, -0.25) is 0 Å². The fraction of sp³-hybridized carbons (Fsp3) is 0.500. The van der Waals surface area contributed by atoms with E-state index in [0.717, 1.165) is 33.9 Å². The van der Waals surface area contributed by atoms with Crippen LogP contribution < -0.4 is 14.2 Å². The quantitative estimate of drug-likeness (QED) is 0.787. The highest BCUT2D eigenvalue weighted by molar-refractivity contribution is 5.63. The van der Waals surface area contributed by atoms with Gasteiger partial charge in [0, 0.05) is 16.7 Å². The Morgan fingerprint density at radius 2 is 1.31 bits per heavy atom. The molecule has 1 aromatic rings. The number of rotatable bonds is 3. The minimum Gasteiger partial charge on any atom is -0.496 e. The summed E-state index contributed by atoms with van der Waals surface area (Å²) < 4.78 is 21.6. The molecule has 16 heavy (non-hydrogen) atoms. The van der Waals surface area contributed by atoms with E-state index in [0.29, 0.717) is 13.2 Å². The number of hydrogen-bond donors (Lipinski definition) is 0. The summed E-state index contributed by atoms with van der Waals surface area (Å²) in [7, 11) is 4.93. The van der Waals surface area contributed by atoms with Gasteiger partial charge in [0.15, 0.2) is 11.5 Å². The van der Waals surface area contributed by atoms with E-state index in [1.165, 1.54) is 0 Å². The summed E-state index contributed by atoms with van der Waals surface area (Å²) >= 11 is 0. The molecule has 4 heteroatoms. The van der Waals surface area contributed by atoms with Crippen molar-refractivity contribution < 1.29 is 18.9 Å². The van der Waals surface area contributed by atoms with Crippen molar-refractivity contribution in [2.75, 3.05) is 21.3 Å². The van der Waals surface area contributed by atoms with E-state index in [1.54, 1.807) is 21.3 Å². The Balaban J connectivity index is 2.72. The first kappa shape index (κ1) is 11.1. The van der Waals surface area contributed by atoms with Crippen molar-refractivity contribution in [3.8, 4) is 17.2 Å². The number of benzene rings is 1. The summed E-state index contributed by atoms with van der Waals surface area (Å²) in [6.07, 6.45) is 0. The number of methoxy groups -OCH3 is 3. The van der Waals surface area contributed by atoms with Gasteiger partial charge in [0.05, 0.1) is 34.5 Å². The highest BCUT2D eigenvalue weighted by Gasteiger charge is 2.27. The number of fused-ring (bicyclic) bond motifs is 1. The molecule has 0 aromatic heterocycles. The average molecular weight is 224 g/mol. The Hall–Kier alpha value is -1.42. The highest BCUT2D eigenvalue weighted by Crippen LogP contribution is 2.46. The third-order valence-corrected chi connectivity index (χ3v) is 2.91. The maximum absolute atomic E-state index is 5.44. The first-order valence-corrected chi connectivity index (χ1v) is 5.12. The summed E-state index contributed by atoms with van der Waals surface area (Å²) in [6, 6.07) is 0. The van der Waals surface area contributed by atoms with Crippen molar-refractivity contribution in [2.45, 2.75) is 20.1 Å². The highest BCUT2D eigenvalue weighted by atomic mass is 16.5. The molecule has 1 aromatic carbocycles. The normalized spacial score (nSPS) is 13.5. The van der Waals surface area contributed by atoms with Gasteiger partial charge >= 0.3 is 0 Å². The van der Waals surface area contributed by atoms with Gasteiger partial charge < -0.3 is 18.9 Å². The first-order valence-electron chi connectivity index (χ1n) is 5.12. The maximum atomic E-state index is 5.44. The third-order valence-electron chi connectivity index (χ3n) is 2.91. The molecule has 0 atom stereocenters. The van der Waals surface area contributed by atoms with Gasteiger partial charge in [0.2, 0.25) is 0 Å². The SMILES string of the molecule is COc1c(C)c(OC)c(OC)c2c1COC2. The Morgan fingerprint density at radius 1 is 0.812 bits per heavy atom. The standard InChI is InChI=1S/C12H16O4/c1-7-10(13-2)8-5-16-6-9(8)12(15-4)11(7)14-3/h5-6H2,1-4H3. The van der Waals surface area contributed by atoms with E-state index in [-0.39, 0.29) is 0 Å². The molecule has 0 spiro atoms. The molecule has 0 unspecified atom stereocenters. The Labute approximate surface area is 95.1 Å². The lowest BCUT2D eigenvalue weighted by molar-refractivity contribution is 0.132. The molecule has 0 radical (unpaired) electrons. The predicted molar refractivity (Wildman–Crippen MR) is 59.3 cm³/mol. The van der Waals surface area contributed by atoms with Crippen molar-refractivity contribution in [3.05, 3.63) is 16.7 Å². The van der Waals surface area contributed by atoms with Crippen LogP contribution in [0.3, 0.4) is 0 Å². The fourth-order valence-electron chi connectivity index (χ4n) is 2.21. The number of hydrogen-bond acceptors (Lipinski definition) is 4. The topological polar surface area (TPSA) is 36.9 Å². The smallest absolute Gasteiger partial charge is 0.167 e. The summed E-state index contributed by atoms with van der Waals surface area (Å²) in [5.74, 6) is 2.32. The molecular weight excluding hydrogens is 208 g/mol. The van der Waals surface area contributed by atoms with Crippen molar-refractivity contribution in [1.82, 2.24) is 0 Å². The van der Waals surface area contributed by atoms with Crippen LogP contribution in [0.5, 0.6) is 17.2 Å². The molecule has 0 N–H and O–H groups in total. The minimum atomic E-state index is 0.547. The second-order valence-corrected chi connectivity index (χ2v) is 3.67. The van der Waals surface area contributed by atoms with Crippen LogP contribution in [0, 0.1) is 6.92 Å². The van der Waals surface area contributed by atoms with E-state index in [2.05, 4.69) is 0 Å². The van der Waals surface area contributed by atoms with Crippen molar-refractivity contribution >= 4 is 0 Å². The van der Waals surface area contributed by atoms with Crippen LogP contribution in [0.25, 0.3) is 0 Å². The van der Waals surface area contributed by atoms with Gasteiger partial charge in [-0.2, -0.15) is 0 Å². The molecule has 2 rings (SSSR count). The molecule has 0 aliphatic carbocycles. The minimum absolute atomic E-state index is 0.547. The van der Waals surface area contributed by atoms with Crippen LogP contribution in [-0.2, 0) is 18.0 Å². The van der Waals surface area contributed by atoms with E-state index in [9.17, 15) is 0 Å². The van der Waals surface area contributed by atoms with E-state index < -0.39 is 0 Å². The monoisotopic (exact) mass is 224 g/mol. The van der Waals surface area contributed by atoms with Crippen molar-refractivity contribution in [3.63, 3.8) is 0 Å². The molecule has 0 bridgehead atoms. The zero-order chi connectivity index (χ0) is 11.7. The molecule has 1 aliphatic heterocycles. The van der Waals surface area contributed by atoms with Crippen molar-refractivity contribution in [2.24, 2.45) is 0 Å². The fourth-order valence-corrected chi connectivity index (χ4v) is 2.21. The second-order valence-electron chi connectivity index (χ2n) is 3.67. The summed E-state index contributed by atoms with van der Waals surface area (Å²) in [5, 5.41) is 0. The molecule has 0 saturated heterocycles. The molecule has 1 aliphatic rings. The molecule has 4 nitrogen and oxygen atoms in total. The zero-order valence-corrected chi connectivity index (χ0v) is 10.0. The largest absolute Gasteiger partial charge is 0.496 e. The third kappa shape index (κ3) is 1.41. The summed E-state index contributed by atoms with van der Waals surface area (Å²) in [5.41, 5.74) is 3.05. The summed E-state index contributed by atoms with van der Waals surface area (Å²) in [6.45, 7) is 3.07. The van der Waals surface area contributed by atoms with Crippen LogP contribution in [0.4, 0.5) is 0 Å². The maximum Gasteiger partial charge on any atom is 0.167 e. The lowest BCUT2D eigenvalue weighted by Crippen LogP contribution is -2.02. The van der Waals surface area contributed by atoms with Crippen molar-refractivity contribution in [1.29, 1.82) is 0 Å². The van der Waals surface area contributed by atoms with Crippen LogP contribution in [0.2, 0.25) is 0 Å². The first-order chi connectivity index (χ1) is 7.74. The van der Waals surface area contributed by atoms with Crippen LogP contribution in [-0.4, -0.2) is 21.3 Å².